The molecule has 2 N–H and O–H groups in total. The maximum Gasteiger partial charge on any atom is 0.251 e. The minimum Gasteiger partial charge on any atom is -0.383 e. The van der Waals surface area contributed by atoms with Crippen molar-refractivity contribution in [3.8, 4) is 0 Å². The minimum absolute atomic E-state index is 0. The van der Waals surface area contributed by atoms with Crippen molar-refractivity contribution in [1.82, 2.24) is 10.6 Å². The average molecular weight is 364 g/mol. The van der Waals surface area contributed by atoms with Crippen molar-refractivity contribution in [2.75, 3.05) is 26.8 Å². The van der Waals surface area contributed by atoms with Crippen molar-refractivity contribution in [2.24, 2.45) is 0 Å². The highest BCUT2D eigenvalue weighted by Crippen LogP contribution is 2.19. The van der Waals surface area contributed by atoms with Crippen molar-refractivity contribution in [2.45, 2.75) is 18.4 Å². The molecule has 0 spiro atoms. The largest absolute Gasteiger partial charge is 0.383 e. The fourth-order valence-corrected chi connectivity index (χ4v) is 2.69. The van der Waals surface area contributed by atoms with Crippen LogP contribution in [0.4, 0.5) is 0 Å². The number of methoxy groups -OCH3 is 1. The predicted octanol–water partition coefficient (Wildman–Crippen LogP) is 2.37. The van der Waals surface area contributed by atoms with Crippen LogP contribution in [0.5, 0.6) is 0 Å². The summed E-state index contributed by atoms with van der Waals surface area (Å²) in [6.07, 6.45) is 2.15. The van der Waals surface area contributed by atoms with Crippen LogP contribution in [-0.4, -0.2) is 38.3 Å². The number of hydrogen-bond acceptors (Lipinski definition) is 3. The van der Waals surface area contributed by atoms with Crippen LogP contribution >= 0.6 is 28.3 Å². The Kier molecular flexibility index (Phi) is 6.95. The Morgan fingerprint density at radius 1 is 1.45 bits per heavy atom. The van der Waals surface area contributed by atoms with Crippen molar-refractivity contribution < 1.29 is 9.53 Å². The topological polar surface area (TPSA) is 50.4 Å². The molecule has 20 heavy (non-hydrogen) atoms. The minimum atomic E-state index is -0.111. The number of carbonyl (C=O) groups excluding carboxylic acids is 1. The van der Waals surface area contributed by atoms with E-state index in [2.05, 4.69) is 26.6 Å². The van der Waals surface area contributed by atoms with Crippen LogP contribution in [0.25, 0.3) is 0 Å². The van der Waals surface area contributed by atoms with Gasteiger partial charge in [-0.2, -0.15) is 0 Å². The summed E-state index contributed by atoms with van der Waals surface area (Å²) in [5.74, 6) is -0.0447. The van der Waals surface area contributed by atoms with E-state index in [-0.39, 0.29) is 23.9 Å². The summed E-state index contributed by atoms with van der Waals surface area (Å²) in [6.45, 7) is 2.20. The van der Waals surface area contributed by atoms with Gasteiger partial charge in [0.15, 0.2) is 0 Å². The van der Waals surface area contributed by atoms with Gasteiger partial charge < -0.3 is 15.4 Å². The van der Waals surface area contributed by atoms with E-state index in [9.17, 15) is 4.79 Å². The van der Waals surface area contributed by atoms with Gasteiger partial charge in [-0.15, -0.1) is 12.4 Å². The highest BCUT2D eigenvalue weighted by Gasteiger charge is 2.33. The first-order valence-corrected chi connectivity index (χ1v) is 7.22. The Labute approximate surface area is 134 Å². The van der Waals surface area contributed by atoms with E-state index < -0.39 is 0 Å². The molecule has 0 radical (unpaired) electrons. The van der Waals surface area contributed by atoms with Gasteiger partial charge in [0.25, 0.3) is 5.91 Å². The highest BCUT2D eigenvalue weighted by molar-refractivity contribution is 9.10. The van der Waals surface area contributed by atoms with E-state index >= 15 is 0 Å². The summed E-state index contributed by atoms with van der Waals surface area (Å²) in [7, 11) is 1.69. The van der Waals surface area contributed by atoms with E-state index in [4.69, 9.17) is 4.74 Å². The fourth-order valence-electron chi connectivity index (χ4n) is 2.42. The summed E-state index contributed by atoms with van der Waals surface area (Å²) >= 11 is 3.36. The van der Waals surface area contributed by atoms with Crippen LogP contribution in [0.3, 0.4) is 0 Å². The van der Waals surface area contributed by atoms with Crippen LogP contribution in [0.2, 0.25) is 0 Å². The zero-order valence-corrected chi connectivity index (χ0v) is 13.9. The van der Waals surface area contributed by atoms with Gasteiger partial charge >= 0.3 is 0 Å². The maximum atomic E-state index is 12.1. The normalized spacial score (nSPS) is 21.3. The van der Waals surface area contributed by atoms with Gasteiger partial charge in [-0.05, 0) is 43.7 Å². The zero-order chi connectivity index (χ0) is 13.7. The molecule has 1 aliphatic rings. The first-order valence-electron chi connectivity index (χ1n) is 6.43. The average Bonchev–Trinajstić information content (AvgIpc) is 2.86. The molecule has 1 aromatic carbocycles. The molecule has 1 aliphatic heterocycles. The third kappa shape index (κ3) is 4.45. The number of benzene rings is 1. The van der Waals surface area contributed by atoms with Crippen LogP contribution in [0, 0.1) is 0 Å². The molecule has 0 aliphatic carbocycles. The van der Waals surface area contributed by atoms with Gasteiger partial charge in [0, 0.05) is 23.7 Å². The van der Waals surface area contributed by atoms with Gasteiger partial charge in [-0.3, -0.25) is 4.79 Å². The molecule has 1 fully saturated rings. The van der Waals surface area contributed by atoms with Crippen LogP contribution < -0.4 is 10.6 Å². The van der Waals surface area contributed by atoms with Crippen LogP contribution in [-0.2, 0) is 4.74 Å². The van der Waals surface area contributed by atoms with E-state index in [1.54, 1.807) is 7.11 Å². The lowest BCUT2D eigenvalue weighted by atomic mass is 9.98. The Balaban J connectivity index is 0.00000200. The van der Waals surface area contributed by atoms with Gasteiger partial charge in [0.1, 0.15) is 0 Å². The van der Waals surface area contributed by atoms with Gasteiger partial charge in [-0.1, -0.05) is 15.9 Å². The lowest BCUT2D eigenvalue weighted by Gasteiger charge is -2.28. The number of rotatable bonds is 5. The molecule has 1 unspecified atom stereocenters. The SMILES string of the molecule is COCC1(CNC(=O)c2ccc(Br)cc2)CCCN1.Cl. The van der Waals surface area contributed by atoms with Crippen LogP contribution in [0.1, 0.15) is 23.2 Å². The monoisotopic (exact) mass is 362 g/mol. The third-order valence-corrected chi connectivity index (χ3v) is 3.98. The first kappa shape index (κ1) is 17.4. The molecular weight excluding hydrogens is 344 g/mol. The summed E-state index contributed by atoms with van der Waals surface area (Å²) in [5.41, 5.74) is 0.563. The summed E-state index contributed by atoms with van der Waals surface area (Å²) in [6, 6.07) is 7.36. The quantitative estimate of drug-likeness (QED) is 0.844. The van der Waals surface area contributed by atoms with E-state index in [0.29, 0.717) is 18.7 Å². The molecule has 112 valence electrons. The number of carbonyl (C=O) groups is 1. The number of nitrogens with one attached hydrogen (secondary N) is 2. The second-order valence-corrected chi connectivity index (χ2v) is 5.85. The van der Waals surface area contributed by atoms with E-state index in [0.717, 1.165) is 23.9 Å². The van der Waals surface area contributed by atoms with Crippen molar-refractivity contribution in [3.63, 3.8) is 0 Å². The summed E-state index contributed by atoms with van der Waals surface area (Å²) in [4.78, 5) is 12.1. The molecule has 1 aromatic rings. The zero-order valence-electron chi connectivity index (χ0n) is 11.4. The molecule has 1 atom stereocenters. The molecule has 0 aromatic heterocycles. The molecule has 1 amide bonds. The van der Waals surface area contributed by atoms with Crippen molar-refractivity contribution in [1.29, 1.82) is 0 Å². The Bertz CT molecular complexity index is 433. The molecule has 4 nitrogen and oxygen atoms in total. The number of hydrogen-bond donors (Lipinski definition) is 2. The van der Waals surface area contributed by atoms with Gasteiger partial charge in [0.2, 0.25) is 0 Å². The number of halogens is 2. The van der Waals surface area contributed by atoms with Crippen molar-refractivity contribution in [3.05, 3.63) is 34.3 Å². The Hall–Kier alpha value is -0.620. The molecule has 1 saturated heterocycles. The molecule has 1 heterocycles. The Morgan fingerprint density at radius 2 is 2.15 bits per heavy atom. The fraction of sp³-hybridized carbons (Fsp3) is 0.500. The highest BCUT2D eigenvalue weighted by atomic mass is 79.9. The lowest BCUT2D eigenvalue weighted by molar-refractivity contribution is 0.0892. The number of amides is 1. The third-order valence-electron chi connectivity index (χ3n) is 3.45. The second-order valence-electron chi connectivity index (χ2n) is 4.93. The summed E-state index contributed by atoms with van der Waals surface area (Å²) < 4.78 is 6.23. The summed E-state index contributed by atoms with van der Waals surface area (Å²) in [5, 5.41) is 6.43. The van der Waals surface area contributed by atoms with Crippen molar-refractivity contribution >= 4 is 34.2 Å². The molecule has 0 saturated carbocycles. The second kappa shape index (κ2) is 7.98. The van der Waals surface area contributed by atoms with E-state index in [1.807, 2.05) is 24.3 Å². The Morgan fingerprint density at radius 3 is 2.70 bits per heavy atom. The van der Waals surface area contributed by atoms with E-state index in [1.165, 1.54) is 0 Å². The predicted molar refractivity (Wildman–Crippen MR) is 85.6 cm³/mol. The molecule has 0 bridgehead atoms. The van der Waals surface area contributed by atoms with Gasteiger partial charge in [0.05, 0.1) is 12.1 Å². The molecule has 2 rings (SSSR count). The standard InChI is InChI=1S/C14H19BrN2O2.ClH/c1-19-10-14(7-2-8-17-14)9-16-13(18)11-3-5-12(15)6-4-11;/h3-6,17H,2,7-10H2,1H3,(H,16,18);1H. The van der Waals surface area contributed by atoms with Gasteiger partial charge in [-0.25, -0.2) is 0 Å². The first-order chi connectivity index (χ1) is 9.15. The smallest absolute Gasteiger partial charge is 0.251 e. The number of ether oxygens (including phenoxy) is 1. The molecular formula is C14H20BrClN2O2. The van der Waals surface area contributed by atoms with Crippen LogP contribution in [0.15, 0.2) is 28.7 Å². The molecule has 6 heteroatoms. The maximum absolute atomic E-state index is 12.1. The lowest BCUT2D eigenvalue weighted by Crippen LogP contribution is -2.52.